The number of carbonyl (C=O) groups is 2. The van der Waals surface area contributed by atoms with Crippen molar-refractivity contribution < 1.29 is 14.3 Å². The van der Waals surface area contributed by atoms with Gasteiger partial charge in [0.1, 0.15) is 6.10 Å². The maximum Gasteiger partial charge on any atom is 0.337 e. The van der Waals surface area contributed by atoms with Gasteiger partial charge in [-0.05, 0) is 63.1 Å². The van der Waals surface area contributed by atoms with Gasteiger partial charge in [0.25, 0.3) is 0 Å². The molecule has 0 bridgehead atoms. The van der Waals surface area contributed by atoms with Gasteiger partial charge in [0.15, 0.2) is 5.78 Å². The van der Waals surface area contributed by atoms with Crippen molar-refractivity contribution in [2.45, 2.75) is 63.9 Å². The normalized spacial score (nSPS) is 23.3. The number of dihydropyridines is 1. The van der Waals surface area contributed by atoms with Crippen LogP contribution in [0.25, 0.3) is 0 Å². The van der Waals surface area contributed by atoms with Crippen molar-refractivity contribution in [3.05, 3.63) is 56.8 Å². The highest BCUT2D eigenvalue weighted by atomic mass is 79.9. The Morgan fingerprint density at radius 2 is 1.96 bits per heavy atom. The topological polar surface area (TPSA) is 55.4 Å². The molecule has 1 aliphatic heterocycles. The van der Waals surface area contributed by atoms with Crippen molar-refractivity contribution in [1.29, 1.82) is 0 Å². The second kappa shape index (κ2) is 7.63. The van der Waals surface area contributed by atoms with Crippen molar-refractivity contribution in [2.24, 2.45) is 0 Å². The van der Waals surface area contributed by atoms with Crippen LogP contribution in [0.4, 0.5) is 0 Å². The van der Waals surface area contributed by atoms with Gasteiger partial charge in [0.05, 0.1) is 5.57 Å². The first-order chi connectivity index (χ1) is 13.0. The quantitative estimate of drug-likeness (QED) is 0.693. The number of ketones is 1. The van der Waals surface area contributed by atoms with Crippen LogP contribution in [0.15, 0.2) is 51.3 Å². The molecule has 0 unspecified atom stereocenters. The highest BCUT2D eigenvalue weighted by Gasteiger charge is 2.39. The molecule has 0 aromatic heterocycles. The SMILES string of the molecule is CC1=C(C(=O)OC2CCCC2)[C@H](c2cccc(Br)c2)C2=C(CCCC2=O)N1. The largest absolute Gasteiger partial charge is 0.459 e. The van der Waals surface area contributed by atoms with E-state index in [4.69, 9.17) is 4.74 Å². The number of allylic oxidation sites excluding steroid dienone is 3. The summed E-state index contributed by atoms with van der Waals surface area (Å²) < 4.78 is 6.77. The zero-order valence-corrected chi connectivity index (χ0v) is 17.1. The number of ether oxygens (including phenoxy) is 1. The van der Waals surface area contributed by atoms with Crippen LogP contribution in [0.2, 0.25) is 0 Å². The van der Waals surface area contributed by atoms with E-state index in [0.717, 1.165) is 65.5 Å². The van der Waals surface area contributed by atoms with E-state index in [0.29, 0.717) is 12.0 Å². The van der Waals surface area contributed by atoms with Crippen LogP contribution in [0.3, 0.4) is 0 Å². The third kappa shape index (κ3) is 3.62. The lowest BCUT2D eigenvalue weighted by molar-refractivity contribution is -0.144. The van der Waals surface area contributed by atoms with E-state index in [1.165, 1.54) is 0 Å². The van der Waals surface area contributed by atoms with E-state index in [1.807, 2.05) is 31.2 Å². The fourth-order valence-electron chi connectivity index (χ4n) is 4.49. The Labute approximate surface area is 168 Å². The number of rotatable bonds is 3. The number of carbonyl (C=O) groups excluding carboxylic acids is 2. The van der Waals surface area contributed by atoms with Gasteiger partial charge in [-0.25, -0.2) is 4.79 Å². The van der Waals surface area contributed by atoms with Crippen LogP contribution in [-0.4, -0.2) is 17.9 Å². The van der Waals surface area contributed by atoms with Gasteiger partial charge >= 0.3 is 5.97 Å². The average molecular weight is 430 g/mol. The summed E-state index contributed by atoms with van der Waals surface area (Å²) in [4.78, 5) is 26.0. The molecule has 1 atom stereocenters. The van der Waals surface area contributed by atoms with Crippen molar-refractivity contribution in [2.75, 3.05) is 0 Å². The lowest BCUT2D eigenvalue weighted by Gasteiger charge is -2.34. The Hall–Kier alpha value is -1.88. The van der Waals surface area contributed by atoms with E-state index >= 15 is 0 Å². The first-order valence-corrected chi connectivity index (χ1v) is 10.5. The molecule has 1 heterocycles. The maximum atomic E-state index is 13.1. The summed E-state index contributed by atoms with van der Waals surface area (Å²) in [6.07, 6.45) is 6.31. The van der Waals surface area contributed by atoms with Gasteiger partial charge in [-0.15, -0.1) is 0 Å². The zero-order valence-electron chi connectivity index (χ0n) is 15.5. The summed E-state index contributed by atoms with van der Waals surface area (Å²) in [5, 5.41) is 3.34. The first-order valence-electron chi connectivity index (χ1n) is 9.75. The predicted molar refractivity (Wildman–Crippen MR) is 107 cm³/mol. The number of hydrogen-bond donors (Lipinski definition) is 1. The lowest BCUT2D eigenvalue weighted by Crippen LogP contribution is -2.35. The molecule has 0 amide bonds. The number of Topliss-reactive ketones (excluding diaryl/α,β-unsaturated/α-hetero) is 1. The van der Waals surface area contributed by atoms with Gasteiger partial charge in [0.2, 0.25) is 0 Å². The van der Waals surface area contributed by atoms with Gasteiger partial charge in [-0.1, -0.05) is 28.1 Å². The molecular weight excluding hydrogens is 406 g/mol. The molecule has 4 rings (SSSR count). The summed E-state index contributed by atoms with van der Waals surface area (Å²) in [5.74, 6) is -0.519. The van der Waals surface area contributed by atoms with Crippen LogP contribution >= 0.6 is 15.9 Å². The molecular formula is C22H24BrNO3. The third-order valence-corrected chi connectivity index (χ3v) is 6.25. The first kappa shape index (κ1) is 18.5. The van der Waals surface area contributed by atoms with E-state index in [9.17, 15) is 9.59 Å². The summed E-state index contributed by atoms with van der Waals surface area (Å²) >= 11 is 3.53. The van der Waals surface area contributed by atoms with Crippen LogP contribution in [0.5, 0.6) is 0 Å². The molecule has 0 spiro atoms. The fraction of sp³-hybridized carbons (Fsp3) is 0.455. The highest BCUT2D eigenvalue weighted by Crippen LogP contribution is 2.43. The van der Waals surface area contributed by atoms with Crippen molar-refractivity contribution in [3.8, 4) is 0 Å². The molecule has 1 saturated carbocycles. The summed E-state index contributed by atoms with van der Waals surface area (Å²) in [5.41, 5.74) is 4.03. The lowest BCUT2D eigenvalue weighted by atomic mass is 9.75. The Morgan fingerprint density at radius 3 is 2.70 bits per heavy atom. The van der Waals surface area contributed by atoms with Crippen molar-refractivity contribution >= 4 is 27.7 Å². The van der Waals surface area contributed by atoms with Gasteiger partial charge in [0, 0.05) is 33.8 Å². The molecule has 5 heteroatoms. The van der Waals surface area contributed by atoms with Gasteiger partial charge < -0.3 is 10.1 Å². The summed E-state index contributed by atoms with van der Waals surface area (Å²) in [7, 11) is 0. The zero-order chi connectivity index (χ0) is 19.0. The predicted octanol–water partition coefficient (Wildman–Crippen LogP) is 4.90. The molecule has 1 aromatic rings. The molecule has 0 saturated heterocycles. The number of benzene rings is 1. The van der Waals surface area contributed by atoms with E-state index in [1.54, 1.807) is 0 Å². The fourth-order valence-corrected chi connectivity index (χ4v) is 4.91. The number of halogens is 1. The summed E-state index contributed by atoms with van der Waals surface area (Å²) in [6, 6.07) is 7.89. The molecule has 1 aromatic carbocycles. The number of hydrogen-bond acceptors (Lipinski definition) is 4. The second-order valence-corrected chi connectivity index (χ2v) is 8.55. The minimum absolute atomic E-state index is 0.00149. The molecule has 0 radical (unpaired) electrons. The Balaban J connectivity index is 1.77. The van der Waals surface area contributed by atoms with Gasteiger partial charge in [-0.3, -0.25) is 4.79 Å². The monoisotopic (exact) mass is 429 g/mol. The second-order valence-electron chi connectivity index (χ2n) is 7.63. The van der Waals surface area contributed by atoms with Crippen LogP contribution in [-0.2, 0) is 14.3 Å². The standard InChI is InChI=1S/C22H24BrNO3/c1-13-19(22(26)27-16-8-2-3-9-16)20(14-6-4-7-15(23)12-14)21-17(24-13)10-5-11-18(21)25/h4,6-7,12,16,20,24H,2-3,5,8-11H2,1H3/t20-/m0/s1. The van der Waals surface area contributed by atoms with Crippen LogP contribution in [0, 0.1) is 0 Å². The molecule has 27 heavy (non-hydrogen) atoms. The average Bonchev–Trinajstić information content (AvgIpc) is 3.13. The minimum atomic E-state index is -0.361. The van der Waals surface area contributed by atoms with E-state index in [2.05, 4.69) is 21.2 Å². The van der Waals surface area contributed by atoms with Crippen LogP contribution < -0.4 is 5.32 Å². The minimum Gasteiger partial charge on any atom is -0.459 e. The van der Waals surface area contributed by atoms with Crippen LogP contribution in [0.1, 0.15) is 63.4 Å². The number of esters is 1. The highest BCUT2D eigenvalue weighted by molar-refractivity contribution is 9.10. The van der Waals surface area contributed by atoms with E-state index < -0.39 is 0 Å². The van der Waals surface area contributed by atoms with Gasteiger partial charge in [-0.2, -0.15) is 0 Å². The maximum absolute atomic E-state index is 13.1. The molecule has 142 valence electrons. The van der Waals surface area contributed by atoms with Crippen molar-refractivity contribution in [1.82, 2.24) is 5.32 Å². The molecule has 4 nitrogen and oxygen atoms in total. The summed E-state index contributed by atoms with van der Waals surface area (Å²) in [6.45, 7) is 1.92. The Morgan fingerprint density at radius 1 is 1.19 bits per heavy atom. The molecule has 3 aliphatic rings. The molecule has 1 fully saturated rings. The molecule has 1 N–H and O–H groups in total. The number of nitrogens with one attached hydrogen (secondary N) is 1. The Kier molecular flexibility index (Phi) is 5.22. The smallest absolute Gasteiger partial charge is 0.337 e. The third-order valence-electron chi connectivity index (χ3n) is 5.75. The van der Waals surface area contributed by atoms with Crippen molar-refractivity contribution in [3.63, 3.8) is 0 Å². The Bertz CT molecular complexity index is 849. The van der Waals surface area contributed by atoms with E-state index in [-0.39, 0.29) is 23.8 Å². The molecule has 2 aliphatic carbocycles.